The van der Waals surface area contributed by atoms with E-state index in [1.54, 1.807) is 0 Å². The summed E-state index contributed by atoms with van der Waals surface area (Å²) in [4.78, 5) is 7.43. The average Bonchev–Trinajstić information content (AvgIpc) is 2.41. The average molecular weight is 266 g/mol. The van der Waals surface area contributed by atoms with Gasteiger partial charge in [-0.25, -0.2) is 0 Å². The summed E-state index contributed by atoms with van der Waals surface area (Å²) in [7, 11) is 0. The highest BCUT2D eigenvalue weighted by molar-refractivity contribution is 6.30. The Morgan fingerprint density at radius 3 is 2.44 bits per heavy atom. The maximum atomic E-state index is 8.23. The van der Waals surface area contributed by atoms with Crippen LogP contribution in [-0.2, 0) is 0 Å². The fourth-order valence-corrected chi connectivity index (χ4v) is 2.24. The predicted molar refractivity (Wildman–Crippen MR) is 74.1 cm³/mol. The van der Waals surface area contributed by atoms with E-state index in [2.05, 4.69) is 32.0 Å². The molecule has 0 aliphatic carbocycles. The van der Waals surface area contributed by atoms with Gasteiger partial charge in [0.15, 0.2) is 0 Å². The second-order valence-electron chi connectivity index (χ2n) is 4.26. The molecule has 0 radical (unpaired) electrons. The largest absolute Gasteiger partial charge is 0.369 e. The monoisotopic (exact) mass is 265 g/mol. The zero-order valence-corrected chi connectivity index (χ0v) is 10.9. The normalized spacial score (nSPS) is 16.4. The van der Waals surface area contributed by atoms with E-state index in [4.69, 9.17) is 17.1 Å². The Balaban J connectivity index is 1.82. The summed E-state index contributed by atoms with van der Waals surface area (Å²) < 4.78 is 0. The summed E-state index contributed by atoms with van der Waals surface area (Å²) in [5, 5.41) is 4.33. The Morgan fingerprint density at radius 2 is 1.83 bits per heavy atom. The van der Waals surface area contributed by atoms with Gasteiger partial charge in [0, 0.05) is 54.9 Å². The molecular weight excluding hydrogens is 250 g/mol. The summed E-state index contributed by atoms with van der Waals surface area (Å²) in [5.74, 6) is 0. The molecule has 0 atom stereocenters. The molecule has 0 amide bonds. The number of benzene rings is 1. The summed E-state index contributed by atoms with van der Waals surface area (Å²) >= 11 is 5.88. The Kier molecular flexibility index (Phi) is 4.70. The van der Waals surface area contributed by atoms with E-state index in [0.29, 0.717) is 6.54 Å². The van der Waals surface area contributed by atoms with Gasteiger partial charge in [-0.15, -0.1) is 0 Å². The molecule has 0 aromatic heterocycles. The molecule has 1 saturated heterocycles. The molecule has 5 nitrogen and oxygen atoms in total. The van der Waals surface area contributed by atoms with Crippen LogP contribution in [0.15, 0.2) is 29.4 Å². The first-order valence-electron chi connectivity index (χ1n) is 6.03. The molecule has 96 valence electrons. The van der Waals surface area contributed by atoms with Crippen LogP contribution in [0, 0.1) is 0 Å². The van der Waals surface area contributed by atoms with Crippen molar-refractivity contribution in [2.75, 3.05) is 44.2 Å². The number of hydrogen-bond donors (Lipinski definition) is 0. The molecule has 0 saturated carbocycles. The molecule has 1 fully saturated rings. The first-order chi connectivity index (χ1) is 8.79. The van der Waals surface area contributed by atoms with Crippen LogP contribution in [0.1, 0.15) is 0 Å². The summed E-state index contributed by atoms with van der Waals surface area (Å²) in [5.41, 5.74) is 9.45. The topological polar surface area (TPSA) is 55.2 Å². The minimum atomic E-state index is 0.553. The van der Waals surface area contributed by atoms with Crippen molar-refractivity contribution in [3.05, 3.63) is 39.7 Å². The lowest BCUT2D eigenvalue weighted by molar-refractivity contribution is 0.265. The highest BCUT2D eigenvalue weighted by Crippen LogP contribution is 2.19. The second-order valence-corrected chi connectivity index (χ2v) is 4.70. The van der Waals surface area contributed by atoms with Gasteiger partial charge in [0.2, 0.25) is 0 Å². The highest BCUT2D eigenvalue weighted by atomic mass is 35.5. The molecule has 1 heterocycles. The van der Waals surface area contributed by atoms with Crippen LogP contribution in [-0.4, -0.2) is 44.2 Å². The van der Waals surface area contributed by atoms with E-state index in [0.717, 1.165) is 37.7 Å². The van der Waals surface area contributed by atoms with E-state index in [9.17, 15) is 0 Å². The first kappa shape index (κ1) is 13.0. The molecule has 0 bridgehead atoms. The van der Waals surface area contributed by atoms with E-state index in [1.165, 1.54) is 5.69 Å². The predicted octanol–water partition coefficient (Wildman–Crippen LogP) is 2.77. The number of rotatable bonds is 4. The van der Waals surface area contributed by atoms with Crippen molar-refractivity contribution in [1.82, 2.24) is 4.90 Å². The van der Waals surface area contributed by atoms with Crippen LogP contribution in [0.2, 0.25) is 5.02 Å². The van der Waals surface area contributed by atoms with Gasteiger partial charge in [-0.3, -0.25) is 4.90 Å². The van der Waals surface area contributed by atoms with Crippen molar-refractivity contribution in [3.8, 4) is 0 Å². The van der Waals surface area contributed by atoms with Crippen LogP contribution in [0.5, 0.6) is 0 Å². The number of nitrogens with zero attached hydrogens (tertiary/aromatic N) is 5. The minimum Gasteiger partial charge on any atom is -0.369 e. The lowest BCUT2D eigenvalue weighted by Crippen LogP contribution is -2.47. The van der Waals surface area contributed by atoms with Crippen molar-refractivity contribution in [3.63, 3.8) is 0 Å². The van der Waals surface area contributed by atoms with Gasteiger partial charge in [0.25, 0.3) is 0 Å². The standard InChI is InChI=1S/C12H16ClN5/c13-11-1-3-12(4-2-11)18-9-7-17(8-10-18)6-5-15-16-14/h1-4H,5-10H2. The maximum absolute atomic E-state index is 8.23. The van der Waals surface area contributed by atoms with Crippen molar-refractivity contribution in [1.29, 1.82) is 0 Å². The van der Waals surface area contributed by atoms with Gasteiger partial charge < -0.3 is 4.90 Å². The van der Waals surface area contributed by atoms with Crippen molar-refractivity contribution >= 4 is 17.3 Å². The fraction of sp³-hybridized carbons (Fsp3) is 0.500. The van der Waals surface area contributed by atoms with Gasteiger partial charge in [-0.1, -0.05) is 16.7 Å². The zero-order chi connectivity index (χ0) is 12.8. The maximum Gasteiger partial charge on any atom is 0.0407 e. The second kappa shape index (κ2) is 6.50. The number of halogens is 1. The number of piperazine rings is 1. The molecule has 1 aromatic carbocycles. The van der Waals surface area contributed by atoms with Crippen molar-refractivity contribution in [2.24, 2.45) is 5.11 Å². The fourth-order valence-electron chi connectivity index (χ4n) is 2.11. The third-order valence-electron chi connectivity index (χ3n) is 3.14. The van der Waals surface area contributed by atoms with Gasteiger partial charge in [0.1, 0.15) is 0 Å². The highest BCUT2D eigenvalue weighted by Gasteiger charge is 2.16. The Labute approximate surface area is 112 Å². The van der Waals surface area contributed by atoms with Crippen molar-refractivity contribution in [2.45, 2.75) is 0 Å². The van der Waals surface area contributed by atoms with Crippen LogP contribution >= 0.6 is 11.6 Å². The molecule has 0 N–H and O–H groups in total. The quantitative estimate of drug-likeness (QED) is 0.477. The van der Waals surface area contributed by atoms with Crippen LogP contribution < -0.4 is 4.90 Å². The Morgan fingerprint density at radius 1 is 1.17 bits per heavy atom. The smallest absolute Gasteiger partial charge is 0.0407 e. The first-order valence-corrected chi connectivity index (χ1v) is 6.41. The third-order valence-corrected chi connectivity index (χ3v) is 3.40. The summed E-state index contributed by atoms with van der Waals surface area (Å²) in [6.07, 6.45) is 0. The van der Waals surface area contributed by atoms with E-state index >= 15 is 0 Å². The molecule has 0 spiro atoms. The third kappa shape index (κ3) is 3.53. The van der Waals surface area contributed by atoms with Gasteiger partial charge in [-0.05, 0) is 29.8 Å². The molecule has 0 unspecified atom stereocenters. The zero-order valence-electron chi connectivity index (χ0n) is 10.2. The minimum absolute atomic E-state index is 0.553. The van der Waals surface area contributed by atoms with E-state index in [-0.39, 0.29) is 0 Å². The molecule has 1 aromatic rings. The molecule has 1 aliphatic rings. The van der Waals surface area contributed by atoms with Crippen LogP contribution in [0.3, 0.4) is 0 Å². The molecule has 2 rings (SSSR count). The molecular formula is C12H16ClN5. The van der Waals surface area contributed by atoms with Crippen molar-refractivity contribution < 1.29 is 0 Å². The SMILES string of the molecule is [N-]=[N+]=NCCN1CCN(c2ccc(Cl)cc2)CC1. The van der Waals surface area contributed by atoms with Gasteiger partial charge >= 0.3 is 0 Å². The number of azide groups is 1. The lowest BCUT2D eigenvalue weighted by Gasteiger charge is -2.35. The lowest BCUT2D eigenvalue weighted by atomic mass is 10.2. The summed E-state index contributed by atoms with van der Waals surface area (Å²) in [6, 6.07) is 7.95. The summed E-state index contributed by atoms with van der Waals surface area (Å²) in [6.45, 7) is 5.40. The molecule has 1 aliphatic heterocycles. The van der Waals surface area contributed by atoms with E-state index < -0.39 is 0 Å². The van der Waals surface area contributed by atoms with Gasteiger partial charge in [0.05, 0.1) is 0 Å². The number of anilines is 1. The molecule has 6 heteroatoms. The van der Waals surface area contributed by atoms with Crippen LogP contribution in [0.4, 0.5) is 5.69 Å². The molecule has 18 heavy (non-hydrogen) atoms. The van der Waals surface area contributed by atoms with Crippen LogP contribution in [0.25, 0.3) is 10.4 Å². The van der Waals surface area contributed by atoms with Gasteiger partial charge in [-0.2, -0.15) is 0 Å². The van der Waals surface area contributed by atoms with E-state index in [1.807, 2.05) is 12.1 Å². The number of hydrogen-bond acceptors (Lipinski definition) is 3. The Bertz CT molecular complexity index is 419. The Hall–Kier alpha value is -1.42.